The number of aromatic amines is 1. The first-order valence-electron chi connectivity index (χ1n) is 8.12. The normalized spacial score (nSPS) is 22.3. The van der Waals surface area contributed by atoms with Gasteiger partial charge in [-0.2, -0.15) is 0 Å². The molecule has 1 amide bonds. The van der Waals surface area contributed by atoms with Crippen LogP contribution in [0.1, 0.15) is 49.4 Å². The number of benzene rings is 1. The van der Waals surface area contributed by atoms with Gasteiger partial charge in [0.15, 0.2) is 0 Å². The van der Waals surface area contributed by atoms with Crippen LogP contribution in [-0.4, -0.2) is 17.4 Å². The molecule has 1 heterocycles. The number of nitrogens with one attached hydrogen (secondary N) is 2. The molecule has 2 aromatic rings. The Hall–Kier alpha value is -1.77. The first-order chi connectivity index (χ1) is 10.3. The Morgan fingerprint density at radius 3 is 2.71 bits per heavy atom. The molecule has 0 unspecified atom stereocenters. The van der Waals surface area contributed by atoms with Gasteiger partial charge in [-0.25, -0.2) is 0 Å². The number of amides is 1. The average molecular weight is 284 g/mol. The fraction of sp³-hybridized carbons (Fsp3) is 0.500. The van der Waals surface area contributed by atoms with Crippen molar-refractivity contribution in [1.82, 2.24) is 10.3 Å². The lowest BCUT2D eigenvalue weighted by molar-refractivity contribution is 0.0943. The summed E-state index contributed by atoms with van der Waals surface area (Å²) in [5, 5.41) is 4.13. The Labute approximate surface area is 126 Å². The molecule has 2 N–H and O–H groups in total. The molecule has 1 saturated carbocycles. The van der Waals surface area contributed by atoms with E-state index in [1.54, 1.807) is 0 Å². The molecule has 0 saturated heterocycles. The van der Waals surface area contributed by atoms with E-state index >= 15 is 0 Å². The van der Waals surface area contributed by atoms with Gasteiger partial charge in [-0.05, 0) is 42.9 Å². The minimum Gasteiger partial charge on any atom is -0.361 e. The van der Waals surface area contributed by atoms with Gasteiger partial charge >= 0.3 is 0 Å². The van der Waals surface area contributed by atoms with Crippen molar-refractivity contribution < 1.29 is 4.79 Å². The summed E-state index contributed by atoms with van der Waals surface area (Å²) < 4.78 is 0. The average Bonchev–Trinajstić information content (AvgIpc) is 3.01. The topological polar surface area (TPSA) is 44.9 Å². The van der Waals surface area contributed by atoms with Gasteiger partial charge in [-0.3, -0.25) is 4.79 Å². The summed E-state index contributed by atoms with van der Waals surface area (Å²) in [6.07, 6.45) is 8.34. The molecule has 0 spiro atoms. The second-order valence-electron chi connectivity index (χ2n) is 6.25. The van der Waals surface area contributed by atoms with Gasteiger partial charge in [0.05, 0.1) is 0 Å². The number of fused-ring (bicyclic) bond motifs is 1. The lowest BCUT2D eigenvalue weighted by Gasteiger charge is -2.27. The van der Waals surface area contributed by atoms with Crippen LogP contribution in [0.5, 0.6) is 0 Å². The van der Waals surface area contributed by atoms with E-state index < -0.39 is 0 Å². The van der Waals surface area contributed by atoms with Crippen molar-refractivity contribution in [2.75, 3.05) is 6.54 Å². The molecule has 1 aromatic carbocycles. The standard InChI is InChI=1S/C18H24N2O/c1-2-13-6-8-14(9-7-13)12-20-18(21)16-4-3-5-17-15(16)10-11-19-17/h3-5,10-11,13-14,19H,2,6-9,12H2,1H3,(H,20,21). The zero-order valence-corrected chi connectivity index (χ0v) is 12.7. The maximum atomic E-state index is 12.4. The molecule has 0 atom stereocenters. The van der Waals surface area contributed by atoms with E-state index in [-0.39, 0.29) is 5.91 Å². The Bertz CT molecular complexity index is 608. The van der Waals surface area contributed by atoms with Crippen LogP contribution < -0.4 is 5.32 Å². The summed E-state index contributed by atoms with van der Waals surface area (Å²) in [4.78, 5) is 15.5. The molecule has 1 aromatic heterocycles. The number of hydrogen-bond acceptors (Lipinski definition) is 1. The molecule has 1 aliphatic carbocycles. The number of H-pyrrole nitrogens is 1. The Morgan fingerprint density at radius 1 is 1.19 bits per heavy atom. The molecule has 0 bridgehead atoms. The van der Waals surface area contributed by atoms with Gasteiger partial charge in [0.2, 0.25) is 0 Å². The van der Waals surface area contributed by atoms with Crippen molar-refractivity contribution in [3.05, 3.63) is 36.0 Å². The van der Waals surface area contributed by atoms with Crippen LogP contribution in [0.25, 0.3) is 10.9 Å². The van der Waals surface area contributed by atoms with E-state index in [0.29, 0.717) is 5.92 Å². The van der Waals surface area contributed by atoms with Crippen LogP contribution in [0, 0.1) is 11.8 Å². The van der Waals surface area contributed by atoms with E-state index in [0.717, 1.165) is 28.9 Å². The molecule has 3 rings (SSSR count). The quantitative estimate of drug-likeness (QED) is 0.871. The summed E-state index contributed by atoms with van der Waals surface area (Å²) in [6.45, 7) is 3.10. The highest BCUT2D eigenvalue weighted by Gasteiger charge is 2.20. The van der Waals surface area contributed by atoms with Crippen molar-refractivity contribution in [3.8, 4) is 0 Å². The molecule has 1 aliphatic rings. The summed E-state index contributed by atoms with van der Waals surface area (Å²) in [7, 11) is 0. The SMILES string of the molecule is CCC1CCC(CNC(=O)c2cccc3[nH]ccc23)CC1. The lowest BCUT2D eigenvalue weighted by atomic mass is 9.81. The van der Waals surface area contributed by atoms with E-state index in [4.69, 9.17) is 0 Å². The van der Waals surface area contributed by atoms with E-state index in [2.05, 4.69) is 17.2 Å². The van der Waals surface area contributed by atoms with Gasteiger partial charge in [-0.1, -0.05) is 32.3 Å². The molecule has 3 nitrogen and oxygen atoms in total. The Balaban J connectivity index is 1.58. The number of rotatable bonds is 4. The smallest absolute Gasteiger partial charge is 0.251 e. The van der Waals surface area contributed by atoms with Crippen LogP contribution >= 0.6 is 0 Å². The van der Waals surface area contributed by atoms with Gasteiger partial charge in [0.1, 0.15) is 0 Å². The summed E-state index contributed by atoms with van der Waals surface area (Å²) in [5.74, 6) is 1.62. The second-order valence-corrected chi connectivity index (χ2v) is 6.25. The number of aromatic nitrogens is 1. The third-order valence-electron chi connectivity index (χ3n) is 4.93. The van der Waals surface area contributed by atoms with Crippen molar-refractivity contribution in [2.24, 2.45) is 11.8 Å². The molecule has 21 heavy (non-hydrogen) atoms. The maximum Gasteiger partial charge on any atom is 0.251 e. The van der Waals surface area contributed by atoms with Gasteiger partial charge < -0.3 is 10.3 Å². The van der Waals surface area contributed by atoms with Gasteiger partial charge in [0, 0.05) is 29.2 Å². The van der Waals surface area contributed by atoms with Crippen LogP contribution in [0.2, 0.25) is 0 Å². The largest absolute Gasteiger partial charge is 0.361 e. The summed E-state index contributed by atoms with van der Waals surface area (Å²) in [5.41, 5.74) is 1.79. The molecule has 0 aliphatic heterocycles. The third-order valence-corrected chi connectivity index (χ3v) is 4.93. The molecule has 3 heteroatoms. The minimum atomic E-state index is 0.0535. The molecule has 1 fully saturated rings. The number of carbonyl (C=O) groups is 1. The Morgan fingerprint density at radius 2 is 1.95 bits per heavy atom. The van der Waals surface area contributed by atoms with Crippen molar-refractivity contribution in [1.29, 1.82) is 0 Å². The highest BCUT2D eigenvalue weighted by molar-refractivity contribution is 6.06. The van der Waals surface area contributed by atoms with Crippen molar-refractivity contribution >= 4 is 16.8 Å². The highest BCUT2D eigenvalue weighted by atomic mass is 16.1. The summed E-state index contributed by atoms with van der Waals surface area (Å²) in [6, 6.07) is 7.80. The highest BCUT2D eigenvalue weighted by Crippen LogP contribution is 2.30. The van der Waals surface area contributed by atoms with Crippen LogP contribution in [0.15, 0.2) is 30.5 Å². The molecule has 0 radical (unpaired) electrons. The molecular formula is C18H24N2O. The van der Waals surface area contributed by atoms with E-state index in [1.807, 2.05) is 30.5 Å². The van der Waals surface area contributed by atoms with Crippen LogP contribution in [-0.2, 0) is 0 Å². The van der Waals surface area contributed by atoms with Gasteiger partial charge in [0.25, 0.3) is 5.91 Å². The Kier molecular flexibility index (Phi) is 4.28. The fourth-order valence-corrected chi connectivity index (χ4v) is 3.46. The third kappa shape index (κ3) is 3.12. The van der Waals surface area contributed by atoms with Crippen molar-refractivity contribution in [2.45, 2.75) is 39.0 Å². The predicted octanol–water partition coefficient (Wildman–Crippen LogP) is 4.11. The molecule has 112 valence electrons. The van der Waals surface area contributed by atoms with E-state index in [9.17, 15) is 4.79 Å². The molecular weight excluding hydrogens is 260 g/mol. The minimum absolute atomic E-state index is 0.0535. The van der Waals surface area contributed by atoms with Gasteiger partial charge in [-0.15, -0.1) is 0 Å². The van der Waals surface area contributed by atoms with E-state index in [1.165, 1.54) is 32.1 Å². The van der Waals surface area contributed by atoms with Crippen LogP contribution in [0.3, 0.4) is 0 Å². The number of hydrogen-bond donors (Lipinski definition) is 2. The first kappa shape index (κ1) is 14.2. The zero-order chi connectivity index (χ0) is 14.7. The zero-order valence-electron chi connectivity index (χ0n) is 12.7. The maximum absolute atomic E-state index is 12.4. The monoisotopic (exact) mass is 284 g/mol. The lowest BCUT2D eigenvalue weighted by Crippen LogP contribution is -2.31. The fourth-order valence-electron chi connectivity index (χ4n) is 3.46. The summed E-state index contributed by atoms with van der Waals surface area (Å²) >= 11 is 0. The number of carbonyl (C=O) groups excluding carboxylic acids is 1. The first-order valence-corrected chi connectivity index (χ1v) is 8.12. The van der Waals surface area contributed by atoms with Crippen molar-refractivity contribution in [3.63, 3.8) is 0 Å². The predicted molar refractivity (Wildman–Crippen MR) is 86.4 cm³/mol. The van der Waals surface area contributed by atoms with Crippen LogP contribution in [0.4, 0.5) is 0 Å². The second kappa shape index (κ2) is 6.33.